The third-order valence-electron chi connectivity index (χ3n) is 6.08. The first-order valence-electron chi connectivity index (χ1n) is 10.8. The first-order chi connectivity index (χ1) is 15.2. The second-order valence-corrected chi connectivity index (χ2v) is 8.40. The number of anilines is 2. The van der Waals surface area contributed by atoms with Crippen LogP contribution in [0.3, 0.4) is 0 Å². The number of likely N-dealkylation sites (N-methyl/N-ethyl adjacent to an activating group) is 1. The molecule has 0 aliphatic carbocycles. The van der Waals surface area contributed by atoms with E-state index in [9.17, 15) is 0 Å². The highest BCUT2D eigenvalue weighted by molar-refractivity contribution is 5.79. The minimum absolute atomic E-state index is 0.647. The molecule has 6 heteroatoms. The number of aromatic nitrogens is 3. The van der Waals surface area contributed by atoms with Crippen LogP contribution < -0.4 is 10.2 Å². The van der Waals surface area contributed by atoms with Gasteiger partial charge in [-0.2, -0.15) is 0 Å². The molecular formula is C25H28N6. The molecule has 2 aromatic heterocycles. The quantitative estimate of drug-likeness (QED) is 0.492. The van der Waals surface area contributed by atoms with E-state index in [4.69, 9.17) is 0 Å². The fourth-order valence-corrected chi connectivity index (χ4v) is 4.18. The smallest absolute Gasteiger partial charge is 0.157 e. The van der Waals surface area contributed by atoms with Crippen molar-refractivity contribution in [3.8, 4) is 11.5 Å². The number of pyridine rings is 1. The zero-order chi connectivity index (χ0) is 21.2. The minimum Gasteiger partial charge on any atom is -0.381 e. The summed E-state index contributed by atoms with van der Waals surface area (Å²) in [6.07, 6.45) is 3.01. The van der Waals surface area contributed by atoms with Crippen LogP contribution in [0.4, 0.5) is 11.4 Å². The molecule has 1 aliphatic rings. The van der Waals surface area contributed by atoms with Gasteiger partial charge in [0, 0.05) is 43.2 Å². The molecule has 2 aromatic carbocycles. The zero-order valence-electron chi connectivity index (χ0n) is 18.0. The van der Waals surface area contributed by atoms with Crippen LogP contribution in [0, 0.1) is 0 Å². The molecule has 0 spiro atoms. The molecule has 31 heavy (non-hydrogen) atoms. The summed E-state index contributed by atoms with van der Waals surface area (Å²) in [5, 5.41) is 3.54. The van der Waals surface area contributed by atoms with Crippen LogP contribution in [-0.2, 0) is 6.54 Å². The lowest BCUT2D eigenvalue weighted by molar-refractivity contribution is 0.315. The number of rotatable bonds is 6. The summed E-state index contributed by atoms with van der Waals surface area (Å²) in [7, 11) is 4.34. The Morgan fingerprint density at radius 1 is 1.10 bits per heavy atom. The fourth-order valence-electron chi connectivity index (χ4n) is 4.18. The van der Waals surface area contributed by atoms with Crippen molar-refractivity contribution in [1.29, 1.82) is 0 Å². The molecule has 6 nitrogen and oxygen atoms in total. The Balaban J connectivity index is 1.23. The SMILES string of the molecule is CN(C)C1CCN(c2ccc(NCc3ccc4nc(-c5ccccn5)[nH]c4c3)cc2)C1. The third kappa shape index (κ3) is 4.25. The maximum absolute atomic E-state index is 4.66. The van der Waals surface area contributed by atoms with Crippen molar-refractivity contribution in [3.63, 3.8) is 0 Å². The second kappa shape index (κ2) is 8.40. The van der Waals surface area contributed by atoms with E-state index in [-0.39, 0.29) is 0 Å². The van der Waals surface area contributed by atoms with Gasteiger partial charge in [0.15, 0.2) is 5.82 Å². The molecule has 0 saturated carbocycles. The highest BCUT2D eigenvalue weighted by Crippen LogP contribution is 2.24. The summed E-state index contributed by atoms with van der Waals surface area (Å²) < 4.78 is 0. The van der Waals surface area contributed by atoms with Crippen LogP contribution in [0.25, 0.3) is 22.6 Å². The normalized spacial score (nSPS) is 16.4. The predicted molar refractivity (Wildman–Crippen MR) is 127 cm³/mol. The predicted octanol–water partition coefficient (Wildman–Crippen LogP) is 4.38. The maximum Gasteiger partial charge on any atom is 0.157 e. The molecule has 158 valence electrons. The highest BCUT2D eigenvalue weighted by Gasteiger charge is 2.23. The molecule has 0 radical (unpaired) electrons. The van der Waals surface area contributed by atoms with Gasteiger partial charge in [0.1, 0.15) is 5.69 Å². The van der Waals surface area contributed by atoms with E-state index >= 15 is 0 Å². The van der Waals surface area contributed by atoms with Gasteiger partial charge in [-0.1, -0.05) is 12.1 Å². The van der Waals surface area contributed by atoms with Gasteiger partial charge < -0.3 is 20.1 Å². The largest absolute Gasteiger partial charge is 0.381 e. The Morgan fingerprint density at radius 3 is 2.71 bits per heavy atom. The summed E-state index contributed by atoms with van der Waals surface area (Å²) in [4.78, 5) is 17.2. The number of nitrogens with zero attached hydrogens (tertiary/aromatic N) is 4. The Morgan fingerprint density at radius 2 is 1.97 bits per heavy atom. The van der Waals surface area contributed by atoms with E-state index in [1.54, 1.807) is 6.20 Å². The average Bonchev–Trinajstić information content (AvgIpc) is 3.46. The first kappa shape index (κ1) is 19.6. The minimum atomic E-state index is 0.647. The van der Waals surface area contributed by atoms with Crippen molar-refractivity contribution < 1.29 is 0 Å². The van der Waals surface area contributed by atoms with Gasteiger partial charge in [0.25, 0.3) is 0 Å². The van der Waals surface area contributed by atoms with E-state index in [0.717, 1.165) is 47.9 Å². The van der Waals surface area contributed by atoms with Crippen LogP contribution in [-0.4, -0.2) is 53.1 Å². The van der Waals surface area contributed by atoms with Gasteiger partial charge in [-0.15, -0.1) is 0 Å². The highest BCUT2D eigenvalue weighted by atomic mass is 15.2. The lowest BCUT2D eigenvalue weighted by Crippen LogP contribution is -2.31. The lowest BCUT2D eigenvalue weighted by Gasteiger charge is -2.22. The first-order valence-corrected chi connectivity index (χ1v) is 10.8. The molecule has 2 N–H and O–H groups in total. The van der Waals surface area contributed by atoms with Crippen molar-refractivity contribution >= 4 is 22.4 Å². The summed E-state index contributed by atoms with van der Waals surface area (Å²) in [6, 6.07) is 21.6. The van der Waals surface area contributed by atoms with E-state index in [1.807, 2.05) is 18.2 Å². The molecule has 1 saturated heterocycles. The molecular weight excluding hydrogens is 384 g/mol. The van der Waals surface area contributed by atoms with Crippen LogP contribution >= 0.6 is 0 Å². The standard InChI is InChI=1S/C25H28N6/c1-30(2)21-12-14-31(17-21)20-9-7-19(8-10-20)27-16-18-6-11-22-24(15-18)29-25(28-22)23-5-3-4-13-26-23/h3-11,13,15,21,27H,12,14,16-17H2,1-2H3,(H,28,29). The average molecular weight is 413 g/mol. The van der Waals surface area contributed by atoms with Crippen molar-refractivity contribution in [1.82, 2.24) is 19.9 Å². The third-order valence-corrected chi connectivity index (χ3v) is 6.08. The number of imidazole rings is 1. The Kier molecular flexibility index (Phi) is 5.30. The van der Waals surface area contributed by atoms with Crippen molar-refractivity contribution in [3.05, 3.63) is 72.4 Å². The topological polar surface area (TPSA) is 60.1 Å². The molecule has 3 heterocycles. The molecule has 4 aromatic rings. The fraction of sp³-hybridized carbons (Fsp3) is 0.280. The monoisotopic (exact) mass is 412 g/mol. The number of fused-ring (bicyclic) bond motifs is 1. The zero-order valence-corrected chi connectivity index (χ0v) is 18.0. The van der Waals surface area contributed by atoms with Gasteiger partial charge in [-0.25, -0.2) is 4.98 Å². The van der Waals surface area contributed by atoms with Crippen LogP contribution in [0.5, 0.6) is 0 Å². The van der Waals surface area contributed by atoms with Gasteiger partial charge in [-0.05, 0) is 74.6 Å². The number of hydrogen-bond donors (Lipinski definition) is 2. The number of aromatic amines is 1. The maximum atomic E-state index is 4.66. The van der Waals surface area contributed by atoms with Crippen molar-refractivity contribution in [2.24, 2.45) is 0 Å². The number of benzene rings is 2. The van der Waals surface area contributed by atoms with Crippen molar-refractivity contribution in [2.75, 3.05) is 37.4 Å². The van der Waals surface area contributed by atoms with Gasteiger partial charge in [0.05, 0.1) is 11.0 Å². The van der Waals surface area contributed by atoms with Crippen molar-refractivity contribution in [2.45, 2.75) is 19.0 Å². The van der Waals surface area contributed by atoms with E-state index in [1.165, 1.54) is 17.7 Å². The molecule has 1 fully saturated rings. The number of hydrogen-bond acceptors (Lipinski definition) is 5. The van der Waals surface area contributed by atoms with Gasteiger partial charge >= 0.3 is 0 Å². The number of nitrogens with one attached hydrogen (secondary N) is 2. The van der Waals surface area contributed by atoms with Crippen LogP contribution in [0.2, 0.25) is 0 Å². The van der Waals surface area contributed by atoms with Gasteiger partial charge in [-0.3, -0.25) is 4.98 Å². The van der Waals surface area contributed by atoms with E-state index < -0.39 is 0 Å². The van der Waals surface area contributed by atoms with Gasteiger partial charge in [0.2, 0.25) is 0 Å². The Hall–Kier alpha value is -3.38. The molecule has 5 rings (SSSR count). The molecule has 1 aliphatic heterocycles. The van der Waals surface area contributed by atoms with Crippen LogP contribution in [0.1, 0.15) is 12.0 Å². The van der Waals surface area contributed by atoms with Crippen LogP contribution in [0.15, 0.2) is 66.9 Å². The lowest BCUT2D eigenvalue weighted by atomic mass is 10.2. The van der Waals surface area contributed by atoms with E-state index in [0.29, 0.717) is 6.04 Å². The molecule has 1 atom stereocenters. The summed E-state index contributed by atoms with van der Waals surface area (Å²) >= 11 is 0. The number of H-pyrrole nitrogens is 1. The molecule has 0 amide bonds. The summed E-state index contributed by atoms with van der Waals surface area (Å²) in [5.74, 6) is 0.801. The second-order valence-electron chi connectivity index (χ2n) is 8.40. The molecule has 0 bridgehead atoms. The summed E-state index contributed by atoms with van der Waals surface area (Å²) in [6.45, 7) is 2.99. The summed E-state index contributed by atoms with van der Waals surface area (Å²) in [5.41, 5.74) is 6.48. The Bertz CT molecular complexity index is 1150. The van der Waals surface area contributed by atoms with E-state index in [2.05, 4.69) is 86.6 Å². The molecule has 1 unspecified atom stereocenters. The Labute approximate surface area is 182 Å².